The molecule has 110 valence electrons. The SMILES string of the molecule is CC(O)C1CCN(C(=O)c2csc(-c3ccccc3)n2)C1. The first-order chi connectivity index (χ1) is 10.1. The summed E-state index contributed by atoms with van der Waals surface area (Å²) < 4.78 is 0. The Labute approximate surface area is 128 Å². The molecule has 2 unspecified atom stereocenters. The molecule has 1 saturated heterocycles. The number of nitrogens with zero attached hydrogens (tertiary/aromatic N) is 2. The third kappa shape index (κ3) is 2.99. The fraction of sp³-hybridized carbons (Fsp3) is 0.375. The van der Waals surface area contributed by atoms with E-state index in [1.807, 2.05) is 35.7 Å². The predicted molar refractivity (Wildman–Crippen MR) is 83.2 cm³/mol. The van der Waals surface area contributed by atoms with Crippen LogP contribution < -0.4 is 0 Å². The van der Waals surface area contributed by atoms with E-state index in [0.29, 0.717) is 18.8 Å². The fourth-order valence-electron chi connectivity index (χ4n) is 2.61. The van der Waals surface area contributed by atoms with Gasteiger partial charge in [0.05, 0.1) is 6.10 Å². The van der Waals surface area contributed by atoms with Crippen molar-refractivity contribution in [2.75, 3.05) is 13.1 Å². The smallest absolute Gasteiger partial charge is 0.273 e. The third-order valence-electron chi connectivity index (χ3n) is 3.94. The highest BCUT2D eigenvalue weighted by atomic mass is 32.1. The third-order valence-corrected chi connectivity index (χ3v) is 4.83. The average molecular weight is 302 g/mol. The first kappa shape index (κ1) is 14.2. The zero-order chi connectivity index (χ0) is 14.8. The van der Waals surface area contributed by atoms with Crippen molar-refractivity contribution in [2.45, 2.75) is 19.4 Å². The van der Waals surface area contributed by atoms with Crippen LogP contribution in [-0.4, -0.2) is 40.1 Å². The van der Waals surface area contributed by atoms with Gasteiger partial charge >= 0.3 is 0 Å². The molecule has 4 nitrogen and oxygen atoms in total. The molecule has 1 N–H and O–H groups in total. The molecule has 0 saturated carbocycles. The summed E-state index contributed by atoms with van der Waals surface area (Å²) in [6.45, 7) is 3.11. The van der Waals surface area contributed by atoms with E-state index in [4.69, 9.17) is 0 Å². The van der Waals surface area contributed by atoms with E-state index in [9.17, 15) is 9.90 Å². The molecule has 0 radical (unpaired) electrons. The van der Waals surface area contributed by atoms with E-state index in [2.05, 4.69) is 4.98 Å². The summed E-state index contributed by atoms with van der Waals surface area (Å²) in [7, 11) is 0. The topological polar surface area (TPSA) is 53.4 Å². The molecular weight excluding hydrogens is 284 g/mol. The molecule has 5 heteroatoms. The molecule has 2 atom stereocenters. The van der Waals surface area contributed by atoms with Gasteiger partial charge in [-0.15, -0.1) is 11.3 Å². The largest absolute Gasteiger partial charge is 0.393 e. The summed E-state index contributed by atoms with van der Waals surface area (Å²) in [6.07, 6.45) is 0.497. The maximum Gasteiger partial charge on any atom is 0.273 e. The van der Waals surface area contributed by atoms with Gasteiger partial charge in [0.2, 0.25) is 0 Å². The number of likely N-dealkylation sites (tertiary alicyclic amines) is 1. The van der Waals surface area contributed by atoms with Crippen LogP contribution in [0.3, 0.4) is 0 Å². The van der Waals surface area contributed by atoms with Crippen LogP contribution in [0.1, 0.15) is 23.8 Å². The quantitative estimate of drug-likeness (QED) is 0.948. The summed E-state index contributed by atoms with van der Waals surface area (Å²) in [5.74, 6) is 0.151. The summed E-state index contributed by atoms with van der Waals surface area (Å²) >= 11 is 1.49. The normalized spacial score (nSPS) is 19.7. The average Bonchev–Trinajstić information content (AvgIpc) is 3.17. The van der Waals surface area contributed by atoms with E-state index in [1.54, 1.807) is 11.8 Å². The van der Waals surface area contributed by atoms with Gasteiger partial charge in [0, 0.05) is 30.0 Å². The Balaban J connectivity index is 1.73. The van der Waals surface area contributed by atoms with E-state index >= 15 is 0 Å². The fourth-order valence-corrected chi connectivity index (χ4v) is 3.41. The second-order valence-electron chi connectivity index (χ2n) is 5.44. The standard InChI is InChI=1S/C16H18N2O2S/c1-11(19)13-7-8-18(9-13)16(20)14-10-21-15(17-14)12-5-3-2-4-6-12/h2-6,10-11,13,19H,7-9H2,1H3. The van der Waals surface area contributed by atoms with Gasteiger partial charge < -0.3 is 10.0 Å². The molecule has 2 aromatic rings. The first-order valence-electron chi connectivity index (χ1n) is 7.13. The highest BCUT2D eigenvalue weighted by Crippen LogP contribution is 2.26. The highest BCUT2D eigenvalue weighted by molar-refractivity contribution is 7.13. The second kappa shape index (κ2) is 5.95. The molecule has 1 amide bonds. The molecule has 1 aliphatic rings. The minimum Gasteiger partial charge on any atom is -0.393 e. The molecule has 1 aliphatic heterocycles. The van der Waals surface area contributed by atoms with Crippen molar-refractivity contribution in [2.24, 2.45) is 5.92 Å². The van der Waals surface area contributed by atoms with Crippen molar-refractivity contribution in [1.29, 1.82) is 0 Å². The summed E-state index contributed by atoms with van der Waals surface area (Å²) in [6, 6.07) is 9.88. The maximum absolute atomic E-state index is 12.4. The van der Waals surface area contributed by atoms with Crippen LogP contribution in [0.25, 0.3) is 10.6 Å². The number of aromatic nitrogens is 1. The van der Waals surface area contributed by atoms with Crippen LogP contribution in [0.5, 0.6) is 0 Å². The maximum atomic E-state index is 12.4. The van der Waals surface area contributed by atoms with Gasteiger partial charge in [-0.1, -0.05) is 30.3 Å². The predicted octanol–water partition coefficient (Wildman–Crippen LogP) is 2.65. The van der Waals surface area contributed by atoms with Crippen molar-refractivity contribution in [3.05, 3.63) is 41.4 Å². The number of hydrogen-bond acceptors (Lipinski definition) is 4. The monoisotopic (exact) mass is 302 g/mol. The van der Waals surface area contributed by atoms with Crippen LogP contribution in [0.2, 0.25) is 0 Å². The lowest BCUT2D eigenvalue weighted by Gasteiger charge is -2.16. The lowest BCUT2D eigenvalue weighted by molar-refractivity contribution is 0.0757. The molecule has 0 spiro atoms. The number of thiazole rings is 1. The Bertz CT molecular complexity index is 624. The lowest BCUT2D eigenvalue weighted by atomic mass is 10.0. The zero-order valence-corrected chi connectivity index (χ0v) is 12.7. The van der Waals surface area contributed by atoms with Crippen LogP contribution in [0.15, 0.2) is 35.7 Å². The Hall–Kier alpha value is -1.72. The Morgan fingerprint density at radius 1 is 1.43 bits per heavy atom. The number of aliphatic hydroxyl groups is 1. The number of hydrogen-bond donors (Lipinski definition) is 1. The van der Waals surface area contributed by atoms with Crippen LogP contribution >= 0.6 is 11.3 Å². The molecule has 0 bridgehead atoms. The van der Waals surface area contributed by atoms with Crippen LogP contribution in [0, 0.1) is 5.92 Å². The van der Waals surface area contributed by atoms with Gasteiger partial charge in [-0.25, -0.2) is 4.98 Å². The van der Waals surface area contributed by atoms with Crippen LogP contribution in [-0.2, 0) is 0 Å². The van der Waals surface area contributed by atoms with E-state index in [1.165, 1.54) is 11.3 Å². The van der Waals surface area contributed by atoms with Crippen molar-refractivity contribution in [1.82, 2.24) is 9.88 Å². The number of carbonyl (C=O) groups excluding carboxylic acids is 1. The highest BCUT2D eigenvalue weighted by Gasteiger charge is 2.30. The number of aliphatic hydroxyl groups excluding tert-OH is 1. The summed E-state index contributed by atoms with van der Waals surface area (Å²) in [5.41, 5.74) is 1.54. The minimum atomic E-state index is -0.363. The Kier molecular flexibility index (Phi) is 4.03. The van der Waals surface area contributed by atoms with E-state index in [0.717, 1.165) is 17.0 Å². The number of carbonyl (C=O) groups is 1. The second-order valence-corrected chi connectivity index (χ2v) is 6.30. The van der Waals surface area contributed by atoms with Crippen molar-refractivity contribution in [3.8, 4) is 10.6 Å². The molecule has 1 aromatic heterocycles. The first-order valence-corrected chi connectivity index (χ1v) is 8.01. The van der Waals surface area contributed by atoms with Crippen molar-refractivity contribution in [3.63, 3.8) is 0 Å². The zero-order valence-electron chi connectivity index (χ0n) is 11.9. The van der Waals surface area contributed by atoms with Gasteiger partial charge in [0.1, 0.15) is 10.7 Å². The minimum absolute atomic E-state index is 0.0309. The number of benzene rings is 1. The van der Waals surface area contributed by atoms with Gasteiger partial charge in [-0.3, -0.25) is 4.79 Å². The molecule has 1 fully saturated rings. The number of rotatable bonds is 3. The van der Waals surface area contributed by atoms with Gasteiger partial charge in [-0.2, -0.15) is 0 Å². The lowest BCUT2D eigenvalue weighted by Crippen LogP contribution is -2.30. The van der Waals surface area contributed by atoms with E-state index < -0.39 is 0 Å². The van der Waals surface area contributed by atoms with Crippen molar-refractivity contribution < 1.29 is 9.90 Å². The van der Waals surface area contributed by atoms with Gasteiger partial charge in [-0.05, 0) is 13.3 Å². The van der Waals surface area contributed by atoms with Gasteiger partial charge in [0.15, 0.2) is 0 Å². The molecule has 2 heterocycles. The number of amides is 1. The van der Waals surface area contributed by atoms with Gasteiger partial charge in [0.25, 0.3) is 5.91 Å². The van der Waals surface area contributed by atoms with E-state index in [-0.39, 0.29) is 17.9 Å². The summed E-state index contributed by atoms with van der Waals surface area (Å²) in [5, 5.41) is 12.3. The van der Waals surface area contributed by atoms with Crippen molar-refractivity contribution >= 4 is 17.2 Å². The molecule has 3 rings (SSSR count). The van der Waals surface area contributed by atoms with Crippen LogP contribution in [0.4, 0.5) is 0 Å². The Morgan fingerprint density at radius 3 is 2.86 bits per heavy atom. The molecule has 0 aliphatic carbocycles. The molecular formula is C16H18N2O2S. The molecule has 1 aromatic carbocycles. The Morgan fingerprint density at radius 2 is 2.19 bits per heavy atom. The molecule has 21 heavy (non-hydrogen) atoms. The summed E-state index contributed by atoms with van der Waals surface area (Å²) in [4.78, 5) is 18.7.